The molecule has 94 valence electrons. The molecule has 0 aliphatic rings. The van der Waals surface area contributed by atoms with E-state index in [2.05, 4.69) is 33.1 Å². The largest absolute Gasteiger partial charge is 0.381 e. The Morgan fingerprint density at radius 1 is 1.27 bits per heavy atom. The predicted octanol–water partition coefficient (Wildman–Crippen LogP) is 2.71. The lowest BCUT2D eigenvalue weighted by Crippen LogP contribution is -2.44. The van der Waals surface area contributed by atoms with E-state index < -0.39 is 0 Å². The Morgan fingerprint density at radius 3 is 2.20 bits per heavy atom. The van der Waals surface area contributed by atoms with E-state index in [1.165, 1.54) is 0 Å². The summed E-state index contributed by atoms with van der Waals surface area (Å²) in [5.41, 5.74) is 2.81. The number of rotatable bonds is 7. The molecule has 0 aromatic carbocycles. The Hall–Kier alpha value is -0.120. The SMILES string of the molecule is CC.CC(C)COCCCC(C)(C)NN. The minimum absolute atomic E-state index is 0.0290. The van der Waals surface area contributed by atoms with Gasteiger partial charge in [0.05, 0.1) is 0 Å². The van der Waals surface area contributed by atoms with Crippen molar-refractivity contribution in [3.63, 3.8) is 0 Å². The zero-order valence-electron chi connectivity index (χ0n) is 11.4. The zero-order valence-corrected chi connectivity index (χ0v) is 11.4. The number of hydrogen-bond donors (Lipinski definition) is 2. The van der Waals surface area contributed by atoms with Crippen molar-refractivity contribution in [3.05, 3.63) is 0 Å². The summed E-state index contributed by atoms with van der Waals surface area (Å²) in [7, 11) is 0. The van der Waals surface area contributed by atoms with Crippen LogP contribution in [0.3, 0.4) is 0 Å². The van der Waals surface area contributed by atoms with Crippen LogP contribution in [0.15, 0.2) is 0 Å². The molecule has 0 spiro atoms. The van der Waals surface area contributed by atoms with Gasteiger partial charge in [-0.1, -0.05) is 27.7 Å². The lowest BCUT2D eigenvalue weighted by molar-refractivity contribution is 0.102. The van der Waals surface area contributed by atoms with Crippen LogP contribution >= 0.6 is 0 Å². The van der Waals surface area contributed by atoms with Gasteiger partial charge in [-0.15, -0.1) is 0 Å². The Morgan fingerprint density at radius 2 is 1.80 bits per heavy atom. The second-order valence-corrected chi connectivity index (χ2v) is 4.60. The number of nitrogens with one attached hydrogen (secondary N) is 1. The first kappa shape index (κ1) is 17.3. The van der Waals surface area contributed by atoms with Crippen LogP contribution in [-0.4, -0.2) is 18.8 Å². The summed E-state index contributed by atoms with van der Waals surface area (Å²) in [5, 5.41) is 0. The average Bonchev–Trinajstić information content (AvgIpc) is 2.20. The van der Waals surface area contributed by atoms with Crippen LogP contribution < -0.4 is 11.3 Å². The van der Waals surface area contributed by atoms with Crippen LogP contribution in [0.1, 0.15) is 54.4 Å². The van der Waals surface area contributed by atoms with Gasteiger partial charge in [-0.3, -0.25) is 11.3 Å². The summed E-state index contributed by atoms with van der Waals surface area (Å²) in [6, 6.07) is 0. The van der Waals surface area contributed by atoms with Crippen molar-refractivity contribution in [2.75, 3.05) is 13.2 Å². The average molecular weight is 218 g/mol. The standard InChI is InChI=1S/C10H24N2O.C2H6/c1-9(2)8-13-7-5-6-10(3,4)12-11;1-2/h9,12H,5-8,11H2,1-4H3;1-2H3. The highest BCUT2D eigenvalue weighted by atomic mass is 16.5. The molecule has 0 bridgehead atoms. The molecule has 0 atom stereocenters. The molecule has 0 saturated heterocycles. The van der Waals surface area contributed by atoms with Gasteiger partial charge in [0.25, 0.3) is 0 Å². The molecule has 3 nitrogen and oxygen atoms in total. The van der Waals surface area contributed by atoms with Gasteiger partial charge >= 0.3 is 0 Å². The van der Waals surface area contributed by atoms with Crippen molar-refractivity contribution < 1.29 is 4.74 Å². The molecule has 0 aromatic heterocycles. The second-order valence-electron chi connectivity index (χ2n) is 4.60. The molecule has 0 aromatic rings. The molecule has 0 aliphatic heterocycles. The minimum Gasteiger partial charge on any atom is -0.381 e. The molecule has 0 fully saturated rings. The van der Waals surface area contributed by atoms with Gasteiger partial charge in [-0.25, -0.2) is 0 Å². The summed E-state index contributed by atoms with van der Waals surface area (Å²) >= 11 is 0. The molecule has 3 heteroatoms. The van der Waals surface area contributed by atoms with E-state index in [9.17, 15) is 0 Å². The third kappa shape index (κ3) is 13.9. The minimum atomic E-state index is 0.0290. The third-order valence-corrected chi connectivity index (χ3v) is 1.93. The summed E-state index contributed by atoms with van der Waals surface area (Å²) in [5.74, 6) is 6.00. The first-order chi connectivity index (χ1) is 6.98. The number of hydrogen-bond acceptors (Lipinski definition) is 3. The van der Waals surface area contributed by atoms with E-state index in [-0.39, 0.29) is 5.54 Å². The normalized spacial score (nSPS) is 11.2. The lowest BCUT2D eigenvalue weighted by atomic mass is 10.00. The van der Waals surface area contributed by atoms with Crippen molar-refractivity contribution in [2.45, 2.75) is 59.9 Å². The summed E-state index contributed by atoms with van der Waals surface area (Å²) in [6.45, 7) is 14.2. The van der Waals surface area contributed by atoms with Gasteiger partial charge in [-0.05, 0) is 32.6 Å². The van der Waals surface area contributed by atoms with Crippen molar-refractivity contribution >= 4 is 0 Å². The number of hydrazine groups is 1. The number of nitrogens with two attached hydrogens (primary N) is 1. The van der Waals surface area contributed by atoms with Gasteiger partial charge in [-0.2, -0.15) is 0 Å². The lowest BCUT2D eigenvalue weighted by Gasteiger charge is -2.23. The maximum Gasteiger partial charge on any atom is 0.0488 e. The molecule has 0 saturated carbocycles. The van der Waals surface area contributed by atoms with Gasteiger partial charge < -0.3 is 4.74 Å². The first-order valence-corrected chi connectivity index (χ1v) is 6.03. The molecule has 0 rings (SSSR count). The van der Waals surface area contributed by atoms with Crippen molar-refractivity contribution in [1.29, 1.82) is 0 Å². The molecule has 0 amide bonds. The zero-order chi connectivity index (χ0) is 12.3. The van der Waals surface area contributed by atoms with Gasteiger partial charge in [0.2, 0.25) is 0 Å². The fraction of sp³-hybridized carbons (Fsp3) is 1.00. The monoisotopic (exact) mass is 218 g/mol. The Labute approximate surface area is 95.7 Å². The molecule has 15 heavy (non-hydrogen) atoms. The van der Waals surface area contributed by atoms with Gasteiger partial charge in [0, 0.05) is 18.8 Å². The van der Waals surface area contributed by atoms with E-state index in [4.69, 9.17) is 10.6 Å². The highest BCUT2D eigenvalue weighted by Crippen LogP contribution is 2.09. The molecule has 0 radical (unpaired) electrons. The van der Waals surface area contributed by atoms with E-state index >= 15 is 0 Å². The molecule has 0 heterocycles. The maximum atomic E-state index is 5.47. The van der Waals surface area contributed by atoms with Crippen LogP contribution in [0, 0.1) is 5.92 Å². The molecule has 3 N–H and O–H groups in total. The van der Waals surface area contributed by atoms with E-state index in [0.717, 1.165) is 26.1 Å². The fourth-order valence-corrected chi connectivity index (χ4v) is 1.01. The van der Waals surface area contributed by atoms with Crippen LogP contribution in [0.4, 0.5) is 0 Å². The van der Waals surface area contributed by atoms with Gasteiger partial charge in [0.1, 0.15) is 0 Å². The molecule has 0 aliphatic carbocycles. The van der Waals surface area contributed by atoms with Crippen LogP contribution in [0.2, 0.25) is 0 Å². The third-order valence-electron chi connectivity index (χ3n) is 1.93. The smallest absolute Gasteiger partial charge is 0.0488 e. The topological polar surface area (TPSA) is 47.3 Å². The molecular formula is C12H30N2O. The highest BCUT2D eigenvalue weighted by molar-refractivity contribution is 4.73. The Balaban J connectivity index is 0. The predicted molar refractivity (Wildman–Crippen MR) is 67.6 cm³/mol. The Bertz CT molecular complexity index is 125. The number of ether oxygens (including phenoxy) is 1. The van der Waals surface area contributed by atoms with Crippen LogP contribution in [-0.2, 0) is 4.74 Å². The van der Waals surface area contributed by atoms with E-state index in [1.807, 2.05) is 13.8 Å². The molecular weight excluding hydrogens is 188 g/mol. The maximum absolute atomic E-state index is 5.47. The molecule has 0 unspecified atom stereocenters. The fourth-order valence-electron chi connectivity index (χ4n) is 1.01. The Kier molecular flexibility index (Phi) is 12.0. The van der Waals surface area contributed by atoms with Gasteiger partial charge in [0.15, 0.2) is 0 Å². The second kappa shape index (κ2) is 10.4. The quantitative estimate of drug-likeness (QED) is 0.392. The van der Waals surface area contributed by atoms with Crippen molar-refractivity contribution in [3.8, 4) is 0 Å². The van der Waals surface area contributed by atoms with Crippen molar-refractivity contribution in [2.24, 2.45) is 11.8 Å². The highest BCUT2D eigenvalue weighted by Gasteiger charge is 2.13. The van der Waals surface area contributed by atoms with E-state index in [0.29, 0.717) is 5.92 Å². The summed E-state index contributed by atoms with van der Waals surface area (Å²) in [4.78, 5) is 0. The summed E-state index contributed by atoms with van der Waals surface area (Å²) < 4.78 is 5.47. The van der Waals surface area contributed by atoms with E-state index in [1.54, 1.807) is 0 Å². The van der Waals surface area contributed by atoms with Crippen LogP contribution in [0.25, 0.3) is 0 Å². The summed E-state index contributed by atoms with van der Waals surface area (Å²) in [6.07, 6.45) is 2.10. The first-order valence-electron chi connectivity index (χ1n) is 6.03. The van der Waals surface area contributed by atoms with Crippen LogP contribution in [0.5, 0.6) is 0 Å². The van der Waals surface area contributed by atoms with Crippen molar-refractivity contribution in [1.82, 2.24) is 5.43 Å².